The lowest BCUT2D eigenvalue weighted by Crippen LogP contribution is -2.59. The number of nitrogens with zero attached hydrogens (tertiary/aromatic N) is 1. The molecule has 9 nitrogen and oxygen atoms in total. The Kier molecular flexibility index (Phi) is 8.10. The molecule has 5 aliphatic carbocycles. The molecule has 0 aromatic heterocycles. The summed E-state index contributed by atoms with van der Waals surface area (Å²) in [6.07, 6.45) is 10.00. The van der Waals surface area contributed by atoms with Crippen molar-refractivity contribution in [2.75, 3.05) is 39.5 Å². The van der Waals surface area contributed by atoms with E-state index in [1.807, 2.05) is 6.92 Å². The van der Waals surface area contributed by atoms with Crippen molar-refractivity contribution in [1.29, 1.82) is 0 Å². The van der Waals surface area contributed by atoms with E-state index >= 15 is 0 Å². The van der Waals surface area contributed by atoms with Crippen LogP contribution in [0, 0.1) is 50.7 Å². The normalized spacial score (nSPS) is 56.0. The Morgan fingerprint density at radius 3 is 2.56 bits per heavy atom. The van der Waals surface area contributed by atoms with Gasteiger partial charge in [0.1, 0.15) is 18.3 Å². The highest BCUT2D eigenvalue weighted by Crippen LogP contribution is 2.86. The molecule has 5 saturated carbocycles. The largest absolute Gasteiger partial charge is 0.455 e. The lowest BCUT2D eigenvalue weighted by molar-refractivity contribution is -0.251. The van der Waals surface area contributed by atoms with E-state index in [9.17, 15) is 9.90 Å². The summed E-state index contributed by atoms with van der Waals surface area (Å²) in [5.41, 5.74) is -0.257. The van der Waals surface area contributed by atoms with E-state index < -0.39 is 11.7 Å². The van der Waals surface area contributed by atoms with Gasteiger partial charge in [0.25, 0.3) is 0 Å². The monoisotopic (exact) mass is 699 g/mol. The van der Waals surface area contributed by atoms with Gasteiger partial charge in [-0.05, 0) is 116 Å². The molecule has 9 rings (SSSR count). The lowest BCUT2D eigenvalue weighted by atomic mass is 9.45. The van der Waals surface area contributed by atoms with Crippen LogP contribution in [-0.2, 0) is 33.2 Å². The average Bonchev–Trinajstić information content (AvgIpc) is 3.68. The van der Waals surface area contributed by atoms with Crippen molar-refractivity contribution in [3.05, 3.63) is 0 Å². The highest BCUT2D eigenvalue weighted by Gasteiger charge is 2.82. The Hall–Kier alpha value is -0.810. The van der Waals surface area contributed by atoms with Crippen LogP contribution in [0.4, 0.5) is 0 Å². The van der Waals surface area contributed by atoms with Gasteiger partial charge in [0.2, 0.25) is 0 Å². The van der Waals surface area contributed by atoms with Gasteiger partial charge in [0, 0.05) is 12.0 Å². The molecular formula is C41H65NO8. The summed E-state index contributed by atoms with van der Waals surface area (Å²) in [5.74, 6) is 1.45. The first kappa shape index (κ1) is 34.9. The van der Waals surface area contributed by atoms with Gasteiger partial charge in [0.15, 0.2) is 6.29 Å². The van der Waals surface area contributed by atoms with E-state index in [-0.39, 0.29) is 59.5 Å². The Bertz CT molecular complexity index is 1360. The van der Waals surface area contributed by atoms with Crippen LogP contribution in [-0.4, -0.2) is 104 Å². The van der Waals surface area contributed by atoms with E-state index in [0.29, 0.717) is 47.0 Å². The van der Waals surface area contributed by atoms with Crippen LogP contribution in [0.25, 0.3) is 0 Å². The second kappa shape index (κ2) is 11.6. The summed E-state index contributed by atoms with van der Waals surface area (Å²) in [7, 11) is 0. The third-order valence-corrected chi connectivity index (χ3v) is 18.0. The predicted octanol–water partition coefficient (Wildman–Crippen LogP) is 5.74. The number of rotatable bonds is 5. The van der Waals surface area contributed by atoms with Crippen molar-refractivity contribution in [3.8, 4) is 0 Å². The number of fused-ring (bicyclic) bond motifs is 5. The molecule has 4 aliphatic heterocycles. The Morgan fingerprint density at radius 2 is 1.82 bits per heavy atom. The average molecular weight is 700 g/mol. The molecule has 9 aliphatic rings. The first-order chi connectivity index (χ1) is 23.7. The maximum atomic E-state index is 12.8. The molecule has 0 aromatic carbocycles. The van der Waals surface area contributed by atoms with Gasteiger partial charge in [-0.2, -0.15) is 0 Å². The molecule has 0 aromatic rings. The van der Waals surface area contributed by atoms with Gasteiger partial charge in [-0.15, -0.1) is 0 Å². The van der Waals surface area contributed by atoms with Crippen LogP contribution >= 0.6 is 0 Å². The Labute approximate surface area is 300 Å². The number of hydrogen-bond acceptors (Lipinski definition) is 9. The maximum absolute atomic E-state index is 12.8. The third kappa shape index (κ3) is 4.65. The quantitative estimate of drug-likeness (QED) is 0.361. The molecular weight excluding hydrogens is 634 g/mol. The van der Waals surface area contributed by atoms with Crippen LogP contribution in [0.15, 0.2) is 0 Å². The van der Waals surface area contributed by atoms with Crippen molar-refractivity contribution in [2.24, 2.45) is 50.7 Å². The summed E-state index contributed by atoms with van der Waals surface area (Å²) in [6.45, 7) is 20.6. The fraction of sp³-hybridized carbons (Fsp3) is 0.976. The number of ether oxygens (including phenoxy) is 6. The number of aliphatic hydroxyl groups excluding tert-OH is 1. The molecule has 15 unspecified atom stereocenters. The summed E-state index contributed by atoms with van der Waals surface area (Å²) in [4.78, 5) is 14.8. The van der Waals surface area contributed by atoms with Crippen LogP contribution < -0.4 is 0 Å². The lowest BCUT2D eigenvalue weighted by Gasteiger charge is -2.59. The number of carbonyl (C=O) groups excluding carboxylic acids is 1. The molecule has 9 fully saturated rings. The second-order valence-corrected chi connectivity index (χ2v) is 20.0. The molecule has 0 radical (unpaired) electrons. The zero-order valence-electron chi connectivity index (χ0n) is 31.9. The second-order valence-electron chi connectivity index (χ2n) is 20.0. The van der Waals surface area contributed by atoms with Gasteiger partial charge < -0.3 is 33.5 Å². The number of cyclic esters (lactones) is 1. The fourth-order valence-electron chi connectivity index (χ4n) is 14.6. The van der Waals surface area contributed by atoms with Gasteiger partial charge in [-0.1, -0.05) is 41.5 Å². The minimum absolute atomic E-state index is 0.000451. The minimum atomic E-state index is -0.721. The molecule has 0 amide bonds. The molecule has 50 heavy (non-hydrogen) atoms. The molecule has 9 heteroatoms. The zero-order valence-corrected chi connectivity index (χ0v) is 31.9. The van der Waals surface area contributed by atoms with Crippen molar-refractivity contribution in [3.63, 3.8) is 0 Å². The van der Waals surface area contributed by atoms with Gasteiger partial charge in [-0.3, -0.25) is 4.90 Å². The van der Waals surface area contributed by atoms with E-state index in [1.165, 1.54) is 38.5 Å². The number of esters is 1. The van der Waals surface area contributed by atoms with Gasteiger partial charge >= 0.3 is 5.97 Å². The van der Waals surface area contributed by atoms with E-state index in [1.54, 1.807) is 0 Å². The van der Waals surface area contributed by atoms with Crippen LogP contribution in [0.3, 0.4) is 0 Å². The van der Waals surface area contributed by atoms with Crippen LogP contribution in [0.5, 0.6) is 0 Å². The zero-order chi connectivity index (χ0) is 35.1. The topological polar surface area (TPSA) is 95.9 Å². The molecule has 282 valence electrons. The summed E-state index contributed by atoms with van der Waals surface area (Å²) in [5, 5.41) is 12.8. The SMILES string of the molecule is CCC1(C)OC(=O)COC1C1CC(C)C2C(O1)C(O)C1(C)C3CCC4CC5(CCC(OC6CN(C7COC7)CCO6)C4(C)C)CC35CCC21C. The number of hydrogen-bond donors (Lipinski definition) is 1. The highest BCUT2D eigenvalue weighted by atomic mass is 16.7. The molecule has 2 bridgehead atoms. The maximum Gasteiger partial charge on any atom is 0.332 e. The molecule has 4 saturated heterocycles. The van der Waals surface area contributed by atoms with E-state index in [0.717, 1.165) is 52.2 Å². The number of aliphatic hydroxyl groups is 1. The minimum Gasteiger partial charge on any atom is -0.455 e. The summed E-state index contributed by atoms with van der Waals surface area (Å²) >= 11 is 0. The van der Waals surface area contributed by atoms with Crippen molar-refractivity contribution in [1.82, 2.24) is 4.90 Å². The first-order valence-corrected chi connectivity index (χ1v) is 20.5. The summed E-state index contributed by atoms with van der Waals surface area (Å²) < 4.78 is 38.0. The molecule has 2 spiro atoms. The van der Waals surface area contributed by atoms with Crippen molar-refractivity contribution >= 4 is 5.97 Å². The van der Waals surface area contributed by atoms with Crippen molar-refractivity contribution in [2.45, 2.75) is 161 Å². The molecule has 1 N–H and O–H groups in total. The standard InChI is InChI=1S/C41H65NO8/c1-8-38(6)35(47-22-30(43)50-38)27-17-24(2)32-33(48-27)34(44)39(7)28-10-9-25-18-40(23-41(28,40)14-13-37(32,39)5)12-11-29(36(25,3)4)49-31-19-42(15-16-46-31)26-20-45-21-26/h24-29,31-35,44H,8-23H2,1-7H3. The first-order valence-electron chi connectivity index (χ1n) is 20.5. The third-order valence-electron chi connectivity index (χ3n) is 18.0. The number of morpholine rings is 1. The van der Waals surface area contributed by atoms with Crippen LogP contribution in [0.2, 0.25) is 0 Å². The van der Waals surface area contributed by atoms with Crippen molar-refractivity contribution < 1.29 is 38.3 Å². The van der Waals surface area contributed by atoms with Gasteiger partial charge in [0.05, 0.1) is 56.8 Å². The Balaban J connectivity index is 0.968. The fourth-order valence-corrected chi connectivity index (χ4v) is 14.6. The summed E-state index contributed by atoms with van der Waals surface area (Å²) in [6, 6.07) is 0.515. The predicted molar refractivity (Wildman–Crippen MR) is 186 cm³/mol. The highest BCUT2D eigenvalue weighted by molar-refractivity contribution is 5.72. The van der Waals surface area contributed by atoms with E-state index in [4.69, 9.17) is 28.4 Å². The number of carbonyl (C=O) groups is 1. The van der Waals surface area contributed by atoms with Crippen LogP contribution in [0.1, 0.15) is 113 Å². The Morgan fingerprint density at radius 1 is 1.02 bits per heavy atom. The van der Waals surface area contributed by atoms with Gasteiger partial charge in [-0.25, -0.2) is 4.79 Å². The molecule has 4 heterocycles. The smallest absolute Gasteiger partial charge is 0.332 e. The molecule has 15 atom stereocenters. The van der Waals surface area contributed by atoms with E-state index in [2.05, 4.69) is 46.4 Å².